The summed E-state index contributed by atoms with van der Waals surface area (Å²) >= 11 is 5.90. The van der Waals surface area contributed by atoms with Crippen LogP contribution in [0.1, 0.15) is 27.5 Å². The quantitative estimate of drug-likeness (QED) is 0.483. The standard InChI is InChI=1S/C23H18ClFN4O4/c24-19-7-16(9-26-21(19)31)13-1-3-14(4-2-13)20(28-23(33)27-12-30)11-29-10-15-5-6-17(25)8-18(15)22(29)32/h1-9,12,20H,10-11H2,(H,26,31)(H2,27,28,30,33)/t20-/m0/s1. The van der Waals surface area contributed by atoms with E-state index in [-0.39, 0.29) is 36.0 Å². The summed E-state index contributed by atoms with van der Waals surface area (Å²) in [5, 5.41) is 4.76. The van der Waals surface area contributed by atoms with E-state index in [2.05, 4.69) is 10.3 Å². The second kappa shape index (κ2) is 9.25. The number of hydrogen-bond acceptors (Lipinski definition) is 4. The van der Waals surface area contributed by atoms with Crippen LogP contribution < -0.4 is 16.2 Å². The average molecular weight is 469 g/mol. The van der Waals surface area contributed by atoms with Crippen LogP contribution in [0.2, 0.25) is 5.02 Å². The molecule has 3 N–H and O–H groups in total. The normalized spacial score (nSPS) is 13.4. The highest BCUT2D eigenvalue weighted by molar-refractivity contribution is 6.30. The van der Waals surface area contributed by atoms with E-state index in [1.54, 1.807) is 36.4 Å². The lowest BCUT2D eigenvalue weighted by molar-refractivity contribution is -0.108. The maximum Gasteiger partial charge on any atom is 0.321 e. The molecule has 168 valence electrons. The van der Waals surface area contributed by atoms with E-state index in [0.717, 1.165) is 5.56 Å². The van der Waals surface area contributed by atoms with E-state index in [0.29, 0.717) is 16.7 Å². The van der Waals surface area contributed by atoms with E-state index in [1.807, 2.05) is 5.32 Å². The fraction of sp³-hybridized carbons (Fsp3) is 0.130. The van der Waals surface area contributed by atoms with Crippen LogP contribution >= 0.6 is 11.6 Å². The molecular formula is C23H18ClFN4O4. The molecule has 8 nitrogen and oxygen atoms in total. The Kier molecular flexibility index (Phi) is 6.23. The maximum atomic E-state index is 13.6. The van der Waals surface area contributed by atoms with E-state index >= 15 is 0 Å². The minimum atomic E-state index is -0.721. The van der Waals surface area contributed by atoms with Gasteiger partial charge in [0.05, 0.1) is 6.04 Å². The van der Waals surface area contributed by atoms with Gasteiger partial charge in [-0.25, -0.2) is 9.18 Å². The number of imide groups is 1. The highest BCUT2D eigenvalue weighted by Gasteiger charge is 2.30. The predicted octanol–water partition coefficient (Wildman–Crippen LogP) is 2.99. The molecule has 1 atom stereocenters. The molecule has 4 rings (SSSR count). The Balaban J connectivity index is 1.58. The fourth-order valence-electron chi connectivity index (χ4n) is 3.72. The summed E-state index contributed by atoms with van der Waals surface area (Å²) in [6.07, 6.45) is 1.80. The van der Waals surface area contributed by atoms with Crippen molar-refractivity contribution in [3.05, 3.63) is 92.6 Å². The summed E-state index contributed by atoms with van der Waals surface area (Å²) in [4.78, 5) is 51.0. The van der Waals surface area contributed by atoms with Crippen molar-refractivity contribution in [3.8, 4) is 11.1 Å². The lowest BCUT2D eigenvalue weighted by Crippen LogP contribution is -2.42. The van der Waals surface area contributed by atoms with Crippen LogP contribution in [0.4, 0.5) is 9.18 Å². The molecule has 0 bridgehead atoms. The van der Waals surface area contributed by atoms with Crippen LogP contribution in [0.25, 0.3) is 11.1 Å². The molecule has 4 amide bonds. The van der Waals surface area contributed by atoms with Crippen molar-refractivity contribution in [2.24, 2.45) is 0 Å². The highest BCUT2D eigenvalue weighted by atomic mass is 35.5. The zero-order chi connectivity index (χ0) is 23.5. The van der Waals surface area contributed by atoms with Gasteiger partial charge in [-0.1, -0.05) is 41.9 Å². The summed E-state index contributed by atoms with van der Waals surface area (Å²) in [5.41, 5.74) is 2.73. The number of nitrogens with one attached hydrogen (secondary N) is 3. The van der Waals surface area contributed by atoms with Crippen LogP contribution in [-0.2, 0) is 11.3 Å². The van der Waals surface area contributed by atoms with Crippen molar-refractivity contribution in [2.75, 3.05) is 6.54 Å². The molecule has 3 aromatic rings. The van der Waals surface area contributed by atoms with Crippen molar-refractivity contribution in [3.63, 3.8) is 0 Å². The van der Waals surface area contributed by atoms with Gasteiger partial charge in [0.2, 0.25) is 6.41 Å². The largest absolute Gasteiger partial charge is 0.332 e. The Hall–Kier alpha value is -3.98. The van der Waals surface area contributed by atoms with E-state index < -0.39 is 23.4 Å². The smallest absolute Gasteiger partial charge is 0.321 e. The lowest BCUT2D eigenvalue weighted by Gasteiger charge is -2.25. The van der Waals surface area contributed by atoms with Gasteiger partial charge in [-0.2, -0.15) is 0 Å². The van der Waals surface area contributed by atoms with Gasteiger partial charge in [-0.3, -0.25) is 19.7 Å². The van der Waals surface area contributed by atoms with Gasteiger partial charge in [0.25, 0.3) is 11.5 Å². The summed E-state index contributed by atoms with van der Waals surface area (Å²) in [6.45, 7) is 0.376. The zero-order valence-corrected chi connectivity index (χ0v) is 17.9. The number of aromatic amines is 1. The molecule has 1 aliphatic heterocycles. The molecule has 1 aliphatic rings. The number of amides is 4. The number of nitrogens with zero attached hydrogens (tertiary/aromatic N) is 1. The van der Waals surface area contributed by atoms with Gasteiger partial charge in [-0.05, 0) is 40.5 Å². The molecule has 0 saturated heterocycles. The number of aromatic nitrogens is 1. The van der Waals surface area contributed by atoms with Crippen molar-refractivity contribution in [1.29, 1.82) is 0 Å². The first-order valence-corrected chi connectivity index (χ1v) is 10.3. The van der Waals surface area contributed by atoms with Gasteiger partial charge < -0.3 is 15.2 Å². The third-order valence-electron chi connectivity index (χ3n) is 5.35. The number of fused-ring (bicyclic) bond motifs is 1. The number of carbonyl (C=O) groups excluding carboxylic acids is 3. The molecular weight excluding hydrogens is 451 g/mol. The number of rotatable bonds is 6. The SMILES string of the molecule is O=CNC(=O)N[C@@H](CN1Cc2ccc(F)cc2C1=O)c1ccc(-c2c[nH]c(=O)c(Cl)c2)cc1. The predicted molar refractivity (Wildman–Crippen MR) is 119 cm³/mol. The van der Waals surface area contributed by atoms with E-state index in [9.17, 15) is 23.6 Å². The molecule has 1 aromatic heterocycles. The molecule has 0 aliphatic carbocycles. The third kappa shape index (κ3) is 4.78. The number of carbonyl (C=O) groups is 3. The van der Waals surface area contributed by atoms with Gasteiger partial charge in [-0.15, -0.1) is 0 Å². The molecule has 0 unspecified atom stereocenters. The van der Waals surface area contributed by atoms with Crippen LogP contribution in [0, 0.1) is 5.82 Å². The van der Waals surface area contributed by atoms with Crippen molar-refractivity contribution >= 4 is 29.9 Å². The van der Waals surface area contributed by atoms with Crippen molar-refractivity contribution in [1.82, 2.24) is 20.5 Å². The number of pyridine rings is 1. The molecule has 0 radical (unpaired) electrons. The summed E-state index contributed by atoms with van der Waals surface area (Å²) in [7, 11) is 0. The first-order valence-electron chi connectivity index (χ1n) is 9.92. The summed E-state index contributed by atoms with van der Waals surface area (Å²) in [6, 6.07) is 11.3. The Morgan fingerprint density at radius 3 is 2.61 bits per heavy atom. The average Bonchev–Trinajstić information content (AvgIpc) is 3.10. The second-order valence-electron chi connectivity index (χ2n) is 7.46. The zero-order valence-electron chi connectivity index (χ0n) is 17.1. The number of benzene rings is 2. The second-order valence-corrected chi connectivity index (χ2v) is 7.87. The number of urea groups is 1. The van der Waals surface area contributed by atoms with E-state index in [4.69, 9.17) is 11.6 Å². The monoisotopic (exact) mass is 468 g/mol. The van der Waals surface area contributed by atoms with Crippen LogP contribution in [0.5, 0.6) is 0 Å². The first-order chi connectivity index (χ1) is 15.9. The summed E-state index contributed by atoms with van der Waals surface area (Å²) in [5.74, 6) is -0.839. The number of hydrogen-bond donors (Lipinski definition) is 3. The Bertz CT molecular complexity index is 1290. The number of H-pyrrole nitrogens is 1. The molecule has 2 aromatic carbocycles. The molecule has 10 heteroatoms. The number of halogens is 2. The molecule has 0 saturated carbocycles. The van der Waals surface area contributed by atoms with Gasteiger partial charge in [0.1, 0.15) is 10.8 Å². The minimum Gasteiger partial charge on any atom is -0.332 e. The molecule has 0 fully saturated rings. The third-order valence-corrected chi connectivity index (χ3v) is 5.63. The van der Waals surface area contributed by atoms with Crippen LogP contribution in [-0.4, -0.2) is 34.8 Å². The van der Waals surface area contributed by atoms with Gasteiger partial charge >= 0.3 is 6.03 Å². The van der Waals surface area contributed by atoms with Crippen LogP contribution in [0.15, 0.2) is 59.5 Å². The first kappa shape index (κ1) is 22.2. The maximum absolute atomic E-state index is 13.6. The minimum absolute atomic E-state index is 0.0604. The highest BCUT2D eigenvalue weighted by Crippen LogP contribution is 2.27. The molecule has 2 heterocycles. The van der Waals surface area contributed by atoms with Crippen molar-refractivity contribution < 1.29 is 18.8 Å². The Labute approximate surface area is 192 Å². The summed E-state index contributed by atoms with van der Waals surface area (Å²) < 4.78 is 13.6. The molecule has 0 spiro atoms. The van der Waals surface area contributed by atoms with Crippen molar-refractivity contribution in [2.45, 2.75) is 12.6 Å². The Morgan fingerprint density at radius 1 is 1.15 bits per heavy atom. The van der Waals surface area contributed by atoms with Crippen LogP contribution in [0.3, 0.4) is 0 Å². The molecule has 33 heavy (non-hydrogen) atoms. The topological polar surface area (TPSA) is 111 Å². The Morgan fingerprint density at radius 2 is 1.91 bits per heavy atom. The van der Waals surface area contributed by atoms with Gasteiger partial charge in [0.15, 0.2) is 0 Å². The van der Waals surface area contributed by atoms with Gasteiger partial charge in [0, 0.05) is 24.8 Å². The van der Waals surface area contributed by atoms with E-state index in [1.165, 1.54) is 23.2 Å². The fourth-order valence-corrected chi connectivity index (χ4v) is 3.89. The lowest BCUT2D eigenvalue weighted by atomic mass is 10.0.